The van der Waals surface area contributed by atoms with Gasteiger partial charge in [-0.1, -0.05) is 68.8 Å². The number of nitrogens with one attached hydrogen (secondary N) is 1. The lowest BCUT2D eigenvalue weighted by Crippen LogP contribution is -2.48. The van der Waals surface area contributed by atoms with Crippen molar-refractivity contribution in [3.05, 3.63) is 71.3 Å². The Morgan fingerprint density at radius 3 is 2.44 bits per heavy atom. The van der Waals surface area contributed by atoms with Gasteiger partial charge >= 0.3 is 0 Å². The van der Waals surface area contributed by atoms with E-state index in [-0.39, 0.29) is 30.4 Å². The van der Waals surface area contributed by atoms with Crippen LogP contribution in [0.25, 0.3) is 0 Å². The Bertz CT molecular complexity index is 806. The Balaban J connectivity index is 1.91. The molecule has 2 amide bonds. The van der Waals surface area contributed by atoms with Gasteiger partial charge in [-0.3, -0.25) is 9.59 Å². The van der Waals surface area contributed by atoms with E-state index in [0.29, 0.717) is 12.1 Å². The standard InChI is InChI=1S/C22H26N2O3/c1-3-15(2)19(14-25)23-21(26)20(16-9-5-4-6-10-16)24-13-17-11-7-8-12-18(17)22(24)27/h4-12,15,19-20,25H,3,13-14H2,1-2H3,(H,23,26)/t15-,19-,20-/m0/s1. The average Bonchev–Trinajstić information content (AvgIpc) is 3.03. The van der Waals surface area contributed by atoms with Gasteiger partial charge in [0.15, 0.2) is 0 Å². The van der Waals surface area contributed by atoms with Crippen molar-refractivity contribution >= 4 is 11.8 Å². The van der Waals surface area contributed by atoms with Crippen LogP contribution in [0.2, 0.25) is 0 Å². The zero-order chi connectivity index (χ0) is 19.4. The third-order valence-electron chi connectivity index (χ3n) is 5.38. The van der Waals surface area contributed by atoms with Crippen LogP contribution in [-0.4, -0.2) is 34.5 Å². The summed E-state index contributed by atoms with van der Waals surface area (Å²) in [6, 6.07) is 15.7. The molecule has 0 radical (unpaired) electrons. The van der Waals surface area contributed by atoms with Crippen molar-refractivity contribution in [1.82, 2.24) is 10.2 Å². The maximum atomic E-state index is 13.2. The van der Waals surface area contributed by atoms with Crippen LogP contribution in [0.4, 0.5) is 0 Å². The van der Waals surface area contributed by atoms with Gasteiger partial charge in [0.05, 0.1) is 12.6 Å². The molecule has 27 heavy (non-hydrogen) atoms. The van der Waals surface area contributed by atoms with E-state index >= 15 is 0 Å². The fourth-order valence-corrected chi connectivity index (χ4v) is 3.51. The summed E-state index contributed by atoms with van der Waals surface area (Å²) < 4.78 is 0. The van der Waals surface area contributed by atoms with Gasteiger partial charge in [0.25, 0.3) is 5.91 Å². The molecule has 0 saturated heterocycles. The van der Waals surface area contributed by atoms with Crippen LogP contribution in [0.1, 0.15) is 47.8 Å². The topological polar surface area (TPSA) is 69.6 Å². The number of nitrogens with zero attached hydrogens (tertiary/aromatic N) is 1. The zero-order valence-corrected chi connectivity index (χ0v) is 15.8. The summed E-state index contributed by atoms with van der Waals surface area (Å²) in [7, 11) is 0. The highest BCUT2D eigenvalue weighted by Crippen LogP contribution is 2.31. The molecule has 2 aromatic carbocycles. The maximum Gasteiger partial charge on any atom is 0.255 e. The van der Waals surface area contributed by atoms with Crippen LogP contribution in [-0.2, 0) is 11.3 Å². The molecular formula is C22H26N2O3. The first-order valence-electron chi connectivity index (χ1n) is 9.41. The Kier molecular flexibility index (Phi) is 5.91. The number of fused-ring (bicyclic) bond motifs is 1. The van der Waals surface area contributed by atoms with Gasteiger partial charge in [-0.2, -0.15) is 0 Å². The number of aliphatic hydroxyl groups is 1. The molecule has 0 aromatic heterocycles. The Morgan fingerprint density at radius 2 is 1.81 bits per heavy atom. The number of carbonyl (C=O) groups is 2. The molecule has 142 valence electrons. The number of rotatable bonds is 7. The second-order valence-electron chi connectivity index (χ2n) is 7.09. The first kappa shape index (κ1) is 19.1. The first-order chi connectivity index (χ1) is 13.1. The summed E-state index contributed by atoms with van der Waals surface area (Å²) in [6.07, 6.45) is 0.843. The Labute approximate surface area is 160 Å². The molecule has 0 bridgehead atoms. The molecule has 5 nitrogen and oxygen atoms in total. The summed E-state index contributed by atoms with van der Waals surface area (Å²) in [4.78, 5) is 27.8. The van der Waals surface area contributed by atoms with E-state index in [1.165, 1.54) is 0 Å². The van der Waals surface area contributed by atoms with Gasteiger partial charge < -0.3 is 15.3 Å². The quantitative estimate of drug-likeness (QED) is 0.792. The van der Waals surface area contributed by atoms with Crippen molar-refractivity contribution in [2.24, 2.45) is 5.92 Å². The molecule has 0 fully saturated rings. The maximum absolute atomic E-state index is 13.2. The van der Waals surface area contributed by atoms with Gasteiger partial charge in [-0.25, -0.2) is 0 Å². The van der Waals surface area contributed by atoms with E-state index < -0.39 is 6.04 Å². The summed E-state index contributed by atoms with van der Waals surface area (Å²) in [5, 5.41) is 12.7. The molecule has 1 heterocycles. The fraction of sp³-hybridized carbons (Fsp3) is 0.364. The molecule has 3 atom stereocenters. The first-order valence-corrected chi connectivity index (χ1v) is 9.41. The van der Waals surface area contributed by atoms with E-state index in [4.69, 9.17) is 0 Å². The molecule has 0 spiro atoms. The van der Waals surface area contributed by atoms with Crippen molar-refractivity contribution in [2.75, 3.05) is 6.61 Å². The smallest absolute Gasteiger partial charge is 0.255 e. The third kappa shape index (κ3) is 3.88. The summed E-state index contributed by atoms with van der Waals surface area (Å²) in [5.74, 6) is -0.262. The van der Waals surface area contributed by atoms with Crippen molar-refractivity contribution in [1.29, 1.82) is 0 Å². The van der Waals surface area contributed by atoms with Gasteiger partial charge in [0, 0.05) is 12.1 Å². The lowest BCUT2D eigenvalue weighted by molar-refractivity contribution is -0.127. The predicted octanol–water partition coefficient (Wildman–Crippen LogP) is 2.91. The molecule has 0 saturated carbocycles. The van der Waals surface area contributed by atoms with E-state index in [9.17, 15) is 14.7 Å². The number of carbonyl (C=O) groups excluding carboxylic acids is 2. The molecule has 3 rings (SSSR count). The van der Waals surface area contributed by atoms with E-state index in [1.54, 1.807) is 11.0 Å². The SMILES string of the molecule is CC[C@H](C)[C@H](CO)NC(=O)[C@H](c1ccccc1)N1Cc2ccccc2C1=O. The fourth-order valence-electron chi connectivity index (χ4n) is 3.51. The lowest BCUT2D eigenvalue weighted by atomic mass is 9.98. The minimum absolute atomic E-state index is 0.129. The second kappa shape index (κ2) is 8.35. The van der Waals surface area contributed by atoms with Crippen molar-refractivity contribution in [3.63, 3.8) is 0 Å². The molecule has 2 aromatic rings. The van der Waals surface area contributed by atoms with Crippen LogP contribution in [0.15, 0.2) is 54.6 Å². The highest BCUT2D eigenvalue weighted by atomic mass is 16.3. The van der Waals surface area contributed by atoms with E-state index in [1.807, 2.05) is 62.4 Å². The second-order valence-corrected chi connectivity index (χ2v) is 7.09. The van der Waals surface area contributed by atoms with Crippen LogP contribution < -0.4 is 5.32 Å². The van der Waals surface area contributed by atoms with Crippen molar-refractivity contribution < 1.29 is 14.7 Å². The number of aliphatic hydroxyl groups excluding tert-OH is 1. The summed E-state index contributed by atoms with van der Waals surface area (Å²) in [6.45, 7) is 4.29. The predicted molar refractivity (Wildman–Crippen MR) is 104 cm³/mol. The van der Waals surface area contributed by atoms with Crippen LogP contribution in [0.3, 0.4) is 0 Å². The molecule has 2 N–H and O–H groups in total. The minimum Gasteiger partial charge on any atom is -0.394 e. The number of amides is 2. The number of hydrogen-bond acceptors (Lipinski definition) is 3. The van der Waals surface area contributed by atoms with Crippen LogP contribution in [0, 0.1) is 5.92 Å². The third-order valence-corrected chi connectivity index (χ3v) is 5.38. The van der Waals surface area contributed by atoms with Gasteiger partial charge in [-0.15, -0.1) is 0 Å². The van der Waals surface area contributed by atoms with Crippen LogP contribution >= 0.6 is 0 Å². The molecule has 0 unspecified atom stereocenters. The van der Waals surface area contributed by atoms with Crippen molar-refractivity contribution in [2.45, 2.75) is 38.9 Å². The summed E-state index contributed by atoms with van der Waals surface area (Å²) in [5.41, 5.74) is 2.33. The van der Waals surface area contributed by atoms with Gasteiger partial charge in [0.1, 0.15) is 6.04 Å². The van der Waals surface area contributed by atoms with Gasteiger partial charge in [0.2, 0.25) is 5.91 Å². The molecule has 1 aliphatic rings. The molecule has 1 aliphatic heterocycles. The van der Waals surface area contributed by atoms with E-state index in [2.05, 4.69) is 5.32 Å². The van der Waals surface area contributed by atoms with Crippen molar-refractivity contribution in [3.8, 4) is 0 Å². The highest BCUT2D eigenvalue weighted by molar-refractivity contribution is 6.01. The summed E-state index contributed by atoms with van der Waals surface area (Å²) >= 11 is 0. The number of benzene rings is 2. The average molecular weight is 366 g/mol. The number of hydrogen-bond donors (Lipinski definition) is 2. The molecule has 0 aliphatic carbocycles. The van der Waals surface area contributed by atoms with Crippen LogP contribution in [0.5, 0.6) is 0 Å². The van der Waals surface area contributed by atoms with Gasteiger partial charge in [-0.05, 0) is 23.1 Å². The Hall–Kier alpha value is -2.66. The van der Waals surface area contributed by atoms with E-state index in [0.717, 1.165) is 17.5 Å². The normalized spacial score (nSPS) is 16.6. The lowest BCUT2D eigenvalue weighted by Gasteiger charge is -2.30. The minimum atomic E-state index is -0.732. The highest BCUT2D eigenvalue weighted by Gasteiger charge is 2.38. The zero-order valence-electron chi connectivity index (χ0n) is 15.8. The molecule has 5 heteroatoms. The monoisotopic (exact) mass is 366 g/mol. The largest absolute Gasteiger partial charge is 0.394 e. The molecular weight excluding hydrogens is 340 g/mol. The Morgan fingerprint density at radius 1 is 1.15 bits per heavy atom.